The maximum atomic E-state index is 12.6. The Morgan fingerprint density at radius 2 is 1.86 bits per heavy atom. The molecule has 0 aliphatic rings. The average molecular weight is 295 g/mol. The first-order valence-corrected chi connectivity index (χ1v) is 6.66. The Kier molecular flexibility index (Phi) is 4.90. The summed E-state index contributed by atoms with van der Waals surface area (Å²) in [4.78, 5) is 7.91. The quantitative estimate of drug-likeness (QED) is 0.919. The Hall–Kier alpha value is -1.95. The smallest absolute Gasteiger partial charge is 0.309 e. The third-order valence-corrected chi connectivity index (χ3v) is 3.11. The van der Waals surface area contributed by atoms with Crippen molar-refractivity contribution < 1.29 is 13.2 Å². The number of hydrogen-bond acceptors (Lipinski definition) is 3. The molecular formula is C15H16F3N3. The Labute approximate surface area is 121 Å². The molecule has 2 aromatic heterocycles. The molecule has 3 nitrogen and oxygen atoms in total. The number of nitrogens with zero attached hydrogens (tertiary/aromatic N) is 2. The molecule has 0 aromatic carbocycles. The van der Waals surface area contributed by atoms with E-state index < -0.39 is 11.7 Å². The lowest BCUT2D eigenvalue weighted by atomic mass is 10.0. The van der Waals surface area contributed by atoms with E-state index >= 15 is 0 Å². The summed E-state index contributed by atoms with van der Waals surface area (Å²) in [5.41, 5.74) is 0.921. The highest BCUT2D eigenvalue weighted by Gasteiger charge is 2.30. The summed E-state index contributed by atoms with van der Waals surface area (Å²) in [6, 6.07) is 6.14. The SMILES string of the molecule is CCNC(Cc1ccncc1)c1ccc(C(F)(F)F)cn1. The Balaban J connectivity index is 2.18. The molecule has 2 aromatic rings. The molecule has 2 rings (SSSR count). The molecule has 0 saturated heterocycles. The van der Waals surface area contributed by atoms with Gasteiger partial charge in [-0.1, -0.05) is 6.92 Å². The molecule has 1 unspecified atom stereocenters. The van der Waals surface area contributed by atoms with Gasteiger partial charge in [0, 0.05) is 18.6 Å². The van der Waals surface area contributed by atoms with Gasteiger partial charge in [0.15, 0.2) is 0 Å². The van der Waals surface area contributed by atoms with E-state index in [1.165, 1.54) is 6.07 Å². The van der Waals surface area contributed by atoms with Crippen LogP contribution in [-0.2, 0) is 12.6 Å². The lowest BCUT2D eigenvalue weighted by molar-refractivity contribution is -0.137. The molecule has 0 saturated carbocycles. The van der Waals surface area contributed by atoms with Crippen molar-refractivity contribution in [3.05, 3.63) is 59.7 Å². The second kappa shape index (κ2) is 6.67. The van der Waals surface area contributed by atoms with Crippen LogP contribution in [0.3, 0.4) is 0 Å². The fourth-order valence-electron chi connectivity index (χ4n) is 2.06. The monoisotopic (exact) mass is 295 g/mol. The molecule has 6 heteroatoms. The fraction of sp³-hybridized carbons (Fsp3) is 0.333. The number of rotatable bonds is 5. The van der Waals surface area contributed by atoms with E-state index in [-0.39, 0.29) is 6.04 Å². The number of hydrogen-bond donors (Lipinski definition) is 1. The minimum atomic E-state index is -4.36. The molecule has 21 heavy (non-hydrogen) atoms. The van der Waals surface area contributed by atoms with Crippen LogP contribution in [0.15, 0.2) is 42.9 Å². The summed E-state index contributed by atoms with van der Waals surface area (Å²) in [6.45, 7) is 2.65. The number of nitrogens with one attached hydrogen (secondary N) is 1. The predicted molar refractivity (Wildman–Crippen MR) is 73.6 cm³/mol. The molecule has 0 fully saturated rings. The summed E-state index contributed by atoms with van der Waals surface area (Å²) in [5.74, 6) is 0. The van der Waals surface area contributed by atoms with Gasteiger partial charge in [0.2, 0.25) is 0 Å². The van der Waals surface area contributed by atoms with E-state index in [0.29, 0.717) is 18.7 Å². The first-order chi connectivity index (χ1) is 10.0. The summed E-state index contributed by atoms with van der Waals surface area (Å²) in [7, 11) is 0. The van der Waals surface area contributed by atoms with Crippen LogP contribution in [0.4, 0.5) is 13.2 Å². The van der Waals surface area contributed by atoms with E-state index in [2.05, 4.69) is 15.3 Å². The maximum Gasteiger partial charge on any atom is 0.417 e. The standard InChI is InChI=1S/C15H16F3N3/c1-2-20-14(9-11-5-7-19-8-6-11)13-4-3-12(10-21-13)15(16,17)18/h3-8,10,14,20H,2,9H2,1H3. The highest BCUT2D eigenvalue weighted by atomic mass is 19.4. The van der Waals surface area contributed by atoms with E-state index in [1.807, 2.05) is 19.1 Å². The van der Waals surface area contributed by atoms with Crippen LogP contribution >= 0.6 is 0 Å². The van der Waals surface area contributed by atoms with Gasteiger partial charge < -0.3 is 5.32 Å². The molecule has 112 valence electrons. The number of pyridine rings is 2. The predicted octanol–water partition coefficient (Wildman–Crippen LogP) is 3.39. The molecule has 0 spiro atoms. The van der Waals surface area contributed by atoms with E-state index in [4.69, 9.17) is 0 Å². The van der Waals surface area contributed by atoms with Crippen molar-refractivity contribution in [2.45, 2.75) is 25.6 Å². The van der Waals surface area contributed by atoms with Crippen molar-refractivity contribution in [2.75, 3.05) is 6.54 Å². The Morgan fingerprint density at radius 3 is 2.38 bits per heavy atom. The minimum Gasteiger partial charge on any atom is -0.309 e. The van der Waals surface area contributed by atoms with Crippen LogP contribution < -0.4 is 5.32 Å². The van der Waals surface area contributed by atoms with Crippen LogP contribution in [0.25, 0.3) is 0 Å². The van der Waals surface area contributed by atoms with Gasteiger partial charge in [-0.2, -0.15) is 13.2 Å². The summed E-state index contributed by atoms with van der Waals surface area (Å²) in [5, 5.41) is 3.24. The third-order valence-electron chi connectivity index (χ3n) is 3.11. The van der Waals surface area contributed by atoms with Crippen LogP contribution in [0.2, 0.25) is 0 Å². The van der Waals surface area contributed by atoms with Gasteiger partial charge in [-0.05, 0) is 42.8 Å². The summed E-state index contributed by atoms with van der Waals surface area (Å²) >= 11 is 0. The zero-order valence-corrected chi connectivity index (χ0v) is 11.6. The molecule has 1 N–H and O–H groups in total. The lowest BCUT2D eigenvalue weighted by Crippen LogP contribution is -2.24. The second-order valence-corrected chi connectivity index (χ2v) is 4.64. The molecule has 1 atom stereocenters. The zero-order valence-electron chi connectivity index (χ0n) is 11.6. The van der Waals surface area contributed by atoms with Gasteiger partial charge in [0.1, 0.15) is 0 Å². The second-order valence-electron chi connectivity index (χ2n) is 4.64. The van der Waals surface area contributed by atoms with Gasteiger partial charge in [0.05, 0.1) is 17.3 Å². The van der Waals surface area contributed by atoms with E-state index in [1.54, 1.807) is 12.4 Å². The van der Waals surface area contributed by atoms with Crippen molar-refractivity contribution in [2.24, 2.45) is 0 Å². The van der Waals surface area contributed by atoms with E-state index in [9.17, 15) is 13.2 Å². The number of aromatic nitrogens is 2. The summed E-state index contributed by atoms with van der Waals surface area (Å²) < 4.78 is 37.7. The lowest BCUT2D eigenvalue weighted by Gasteiger charge is -2.18. The van der Waals surface area contributed by atoms with E-state index in [0.717, 1.165) is 17.8 Å². The molecule has 0 bridgehead atoms. The molecule has 0 aliphatic heterocycles. The van der Waals surface area contributed by atoms with Crippen molar-refractivity contribution in [3.8, 4) is 0 Å². The minimum absolute atomic E-state index is 0.125. The van der Waals surface area contributed by atoms with Gasteiger partial charge in [-0.15, -0.1) is 0 Å². The number of alkyl halides is 3. The topological polar surface area (TPSA) is 37.8 Å². The van der Waals surface area contributed by atoms with Crippen LogP contribution in [0, 0.1) is 0 Å². The zero-order chi connectivity index (χ0) is 15.3. The molecule has 2 heterocycles. The molecule has 0 aliphatic carbocycles. The normalized spacial score (nSPS) is 13.1. The van der Waals surface area contributed by atoms with Crippen molar-refractivity contribution in [3.63, 3.8) is 0 Å². The van der Waals surface area contributed by atoms with Crippen molar-refractivity contribution >= 4 is 0 Å². The molecule has 0 amide bonds. The Morgan fingerprint density at radius 1 is 1.14 bits per heavy atom. The first kappa shape index (κ1) is 15.4. The third kappa shape index (κ3) is 4.26. The van der Waals surface area contributed by atoms with Crippen molar-refractivity contribution in [1.82, 2.24) is 15.3 Å². The van der Waals surface area contributed by atoms with Crippen LogP contribution in [0.5, 0.6) is 0 Å². The number of halogens is 3. The Bertz CT molecular complexity index is 553. The van der Waals surface area contributed by atoms with Crippen molar-refractivity contribution in [1.29, 1.82) is 0 Å². The maximum absolute atomic E-state index is 12.6. The van der Waals surface area contributed by atoms with Crippen LogP contribution in [-0.4, -0.2) is 16.5 Å². The molecule has 0 radical (unpaired) electrons. The van der Waals surface area contributed by atoms with Gasteiger partial charge >= 0.3 is 6.18 Å². The fourth-order valence-corrected chi connectivity index (χ4v) is 2.06. The average Bonchev–Trinajstić information content (AvgIpc) is 2.47. The van der Waals surface area contributed by atoms with Gasteiger partial charge in [-0.3, -0.25) is 9.97 Å². The molecular weight excluding hydrogens is 279 g/mol. The highest BCUT2D eigenvalue weighted by Crippen LogP contribution is 2.29. The summed E-state index contributed by atoms with van der Waals surface area (Å²) in [6.07, 6.45) is 0.558. The van der Waals surface area contributed by atoms with Gasteiger partial charge in [-0.25, -0.2) is 0 Å². The first-order valence-electron chi connectivity index (χ1n) is 6.66. The van der Waals surface area contributed by atoms with Crippen LogP contribution in [0.1, 0.15) is 29.8 Å². The largest absolute Gasteiger partial charge is 0.417 e. The van der Waals surface area contributed by atoms with Gasteiger partial charge in [0.25, 0.3) is 0 Å². The number of likely N-dealkylation sites (N-methyl/N-ethyl adjacent to an activating group) is 1. The highest BCUT2D eigenvalue weighted by molar-refractivity contribution is 5.21.